The van der Waals surface area contributed by atoms with E-state index in [1.165, 1.54) is 7.11 Å². The molecule has 0 aromatic heterocycles. The number of amides is 4. The van der Waals surface area contributed by atoms with Crippen molar-refractivity contribution in [3.8, 4) is 0 Å². The number of nitrogens with one attached hydrogen (secondary N) is 2. The lowest BCUT2D eigenvalue weighted by Crippen LogP contribution is -2.60. The molecular formula is C27H40N4O5. The van der Waals surface area contributed by atoms with Gasteiger partial charge in [0.25, 0.3) is 5.91 Å². The molecule has 1 heterocycles. The largest absolute Gasteiger partial charge is 0.375 e. The third kappa shape index (κ3) is 6.84. The maximum atomic E-state index is 13.7. The summed E-state index contributed by atoms with van der Waals surface area (Å²) >= 11 is 0. The first-order valence-corrected chi connectivity index (χ1v) is 13.0. The van der Waals surface area contributed by atoms with Crippen molar-refractivity contribution in [2.75, 3.05) is 46.4 Å². The number of benzene rings is 1. The van der Waals surface area contributed by atoms with E-state index in [0.717, 1.165) is 30.4 Å². The highest BCUT2D eigenvalue weighted by atomic mass is 16.5. The van der Waals surface area contributed by atoms with Crippen LogP contribution in [0.3, 0.4) is 0 Å². The third-order valence-corrected chi connectivity index (χ3v) is 6.99. The van der Waals surface area contributed by atoms with Crippen LogP contribution in [0.2, 0.25) is 0 Å². The average molecular weight is 501 g/mol. The van der Waals surface area contributed by atoms with Crippen molar-refractivity contribution < 1.29 is 23.9 Å². The third-order valence-electron chi connectivity index (χ3n) is 6.99. The molecule has 1 unspecified atom stereocenters. The first kappa shape index (κ1) is 27.6. The Kier molecular flexibility index (Phi) is 9.87. The Balaban J connectivity index is 1.93. The molecule has 1 aromatic rings. The fraction of sp³-hybridized carbons (Fsp3) is 0.630. The number of rotatable bonds is 5. The zero-order valence-corrected chi connectivity index (χ0v) is 21.8. The van der Waals surface area contributed by atoms with Gasteiger partial charge >= 0.3 is 0 Å². The molecule has 0 radical (unpaired) electrons. The molecule has 1 atom stereocenters. The summed E-state index contributed by atoms with van der Waals surface area (Å²) in [6, 6.07) is 7.70. The summed E-state index contributed by atoms with van der Waals surface area (Å²) in [4.78, 5) is 55.9. The molecule has 2 aliphatic rings. The molecule has 1 spiro atoms. The summed E-state index contributed by atoms with van der Waals surface area (Å²) in [5.74, 6) is -0.566. The van der Waals surface area contributed by atoms with E-state index in [9.17, 15) is 19.2 Å². The van der Waals surface area contributed by atoms with Crippen molar-refractivity contribution in [2.24, 2.45) is 5.92 Å². The molecule has 4 amide bonds. The number of ether oxygens (including phenoxy) is 1. The number of nitrogens with zero attached hydrogens (tertiary/aromatic N) is 2. The predicted octanol–water partition coefficient (Wildman–Crippen LogP) is 1.59. The first-order chi connectivity index (χ1) is 17.3. The van der Waals surface area contributed by atoms with Crippen molar-refractivity contribution in [1.29, 1.82) is 0 Å². The zero-order chi connectivity index (χ0) is 26.1. The average Bonchev–Trinajstić information content (AvgIpc) is 2.85. The number of hydrogen-bond donors (Lipinski definition) is 2. The number of carbonyl (C=O) groups is 4. The molecule has 0 saturated carbocycles. The normalized spacial score (nSPS) is 22.2. The molecule has 3 rings (SSSR count). The number of hydrogen-bond acceptors (Lipinski definition) is 5. The molecule has 1 saturated heterocycles. The molecule has 36 heavy (non-hydrogen) atoms. The zero-order valence-electron chi connectivity index (χ0n) is 21.8. The highest BCUT2D eigenvalue weighted by molar-refractivity contribution is 5.94. The van der Waals surface area contributed by atoms with Gasteiger partial charge in [0, 0.05) is 39.7 Å². The molecule has 1 aliphatic carbocycles. The van der Waals surface area contributed by atoms with E-state index in [-0.39, 0.29) is 49.7 Å². The van der Waals surface area contributed by atoms with Crippen LogP contribution in [-0.2, 0) is 35.9 Å². The summed E-state index contributed by atoms with van der Waals surface area (Å²) < 4.78 is 5.02. The minimum absolute atomic E-state index is 0.0597. The molecule has 198 valence electrons. The minimum atomic E-state index is -1.22. The number of fused-ring (bicyclic) bond motifs is 2. The van der Waals surface area contributed by atoms with E-state index in [0.29, 0.717) is 38.4 Å². The van der Waals surface area contributed by atoms with E-state index < -0.39 is 5.54 Å². The number of methoxy groups -OCH3 is 1. The van der Waals surface area contributed by atoms with E-state index in [2.05, 4.69) is 24.5 Å². The fourth-order valence-corrected chi connectivity index (χ4v) is 5.02. The topological polar surface area (TPSA) is 108 Å². The maximum absolute atomic E-state index is 13.7. The Morgan fingerprint density at radius 1 is 1.11 bits per heavy atom. The second-order valence-electron chi connectivity index (χ2n) is 10.1. The van der Waals surface area contributed by atoms with E-state index in [1.54, 1.807) is 9.80 Å². The predicted molar refractivity (Wildman–Crippen MR) is 136 cm³/mol. The number of carbonyl (C=O) groups excluding carboxylic acids is 4. The Hall–Kier alpha value is -2.94. The van der Waals surface area contributed by atoms with Gasteiger partial charge in [-0.3, -0.25) is 19.2 Å². The standard InChI is InChI=1S/C27H40N4O5/c1-20(2)12-16-31-18-23(32)29-27(13-6-9-21-8-4-5-10-22(21)27)26(35)28-14-17-30(25(34)19-36-3)15-7-11-24(31)33/h4-5,8,10,20H,6-7,9,11-19H2,1-3H3,(H,28,35)(H,29,32). The number of aryl methyl sites for hydroxylation is 1. The van der Waals surface area contributed by atoms with Crippen molar-refractivity contribution in [2.45, 2.75) is 57.9 Å². The summed E-state index contributed by atoms with van der Waals surface area (Å²) in [7, 11) is 1.47. The molecule has 1 fully saturated rings. The lowest BCUT2D eigenvalue weighted by atomic mass is 9.75. The highest BCUT2D eigenvalue weighted by Crippen LogP contribution is 2.35. The SMILES string of the molecule is COCC(=O)N1CCCC(=O)N(CCC(C)C)CC(=O)NC2(CCCc3ccccc32)C(=O)NCC1. The Morgan fingerprint density at radius 2 is 1.89 bits per heavy atom. The van der Waals surface area contributed by atoms with Crippen LogP contribution in [0.25, 0.3) is 0 Å². The van der Waals surface area contributed by atoms with Gasteiger partial charge in [-0.15, -0.1) is 0 Å². The Bertz CT molecular complexity index is 950. The second-order valence-corrected chi connectivity index (χ2v) is 10.1. The monoisotopic (exact) mass is 500 g/mol. The van der Waals surface area contributed by atoms with Crippen LogP contribution in [0.1, 0.15) is 57.1 Å². The van der Waals surface area contributed by atoms with Gasteiger partial charge in [0.05, 0.1) is 6.54 Å². The van der Waals surface area contributed by atoms with Gasteiger partial charge in [-0.05, 0) is 49.1 Å². The van der Waals surface area contributed by atoms with Crippen LogP contribution in [0.5, 0.6) is 0 Å². The maximum Gasteiger partial charge on any atom is 0.250 e. The Morgan fingerprint density at radius 3 is 2.64 bits per heavy atom. The summed E-state index contributed by atoms with van der Waals surface area (Å²) in [5, 5.41) is 6.02. The van der Waals surface area contributed by atoms with Crippen LogP contribution in [0.15, 0.2) is 24.3 Å². The smallest absolute Gasteiger partial charge is 0.250 e. The van der Waals surface area contributed by atoms with Gasteiger partial charge in [0.1, 0.15) is 12.1 Å². The molecular weight excluding hydrogens is 460 g/mol. The highest BCUT2D eigenvalue weighted by Gasteiger charge is 2.44. The van der Waals surface area contributed by atoms with Gasteiger partial charge < -0.3 is 25.2 Å². The summed E-state index contributed by atoms with van der Waals surface area (Å²) in [6.45, 7) is 5.37. The van der Waals surface area contributed by atoms with Crippen LogP contribution in [-0.4, -0.2) is 79.9 Å². The van der Waals surface area contributed by atoms with Crippen LogP contribution < -0.4 is 10.6 Å². The van der Waals surface area contributed by atoms with E-state index in [1.807, 2.05) is 24.3 Å². The van der Waals surface area contributed by atoms with Gasteiger partial charge in [-0.1, -0.05) is 38.1 Å². The van der Waals surface area contributed by atoms with Gasteiger partial charge in [-0.2, -0.15) is 0 Å². The minimum Gasteiger partial charge on any atom is -0.375 e. The first-order valence-electron chi connectivity index (χ1n) is 13.0. The van der Waals surface area contributed by atoms with Crippen molar-refractivity contribution in [3.63, 3.8) is 0 Å². The molecule has 9 nitrogen and oxygen atoms in total. The van der Waals surface area contributed by atoms with Crippen LogP contribution in [0, 0.1) is 5.92 Å². The van der Waals surface area contributed by atoms with Crippen LogP contribution >= 0.6 is 0 Å². The lowest BCUT2D eigenvalue weighted by Gasteiger charge is -2.39. The molecule has 9 heteroatoms. The van der Waals surface area contributed by atoms with Crippen LogP contribution in [0.4, 0.5) is 0 Å². The quantitative estimate of drug-likeness (QED) is 0.639. The summed E-state index contributed by atoms with van der Waals surface area (Å²) in [6.07, 6.45) is 3.53. The van der Waals surface area contributed by atoms with Gasteiger partial charge in [0.15, 0.2) is 0 Å². The van der Waals surface area contributed by atoms with Gasteiger partial charge in [0.2, 0.25) is 17.7 Å². The summed E-state index contributed by atoms with van der Waals surface area (Å²) in [5.41, 5.74) is 0.607. The lowest BCUT2D eigenvalue weighted by molar-refractivity contribution is -0.140. The molecule has 2 N–H and O–H groups in total. The van der Waals surface area contributed by atoms with E-state index >= 15 is 0 Å². The fourth-order valence-electron chi connectivity index (χ4n) is 5.02. The molecule has 1 aromatic carbocycles. The molecule has 0 bridgehead atoms. The second kappa shape index (κ2) is 12.9. The van der Waals surface area contributed by atoms with Crippen molar-refractivity contribution in [1.82, 2.24) is 20.4 Å². The van der Waals surface area contributed by atoms with E-state index in [4.69, 9.17) is 4.74 Å². The van der Waals surface area contributed by atoms with Crippen molar-refractivity contribution >= 4 is 23.6 Å². The van der Waals surface area contributed by atoms with Gasteiger partial charge in [-0.25, -0.2) is 0 Å². The van der Waals surface area contributed by atoms with Crippen molar-refractivity contribution in [3.05, 3.63) is 35.4 Å². The molecule has 1 aliphatic heterocycles. The Labute approximate surface area is 213 Å².